The Morgan fingerprint density at radius 1 is 0.491 bits per heavy atom. The van der Waals surface area contributed by atoms with E-state index in [1.165, 1.54) is 10.8 Å². The van der Waals surface area contributed by atoms with Crippen molar-refractivity contribution >= 4 is 71.5 Å². The highest BCUT2D eigenvalue weighted by atomic mass is 16.3. The molecule has 0 N–H and O–H groups in total. The number of benzene rings is 7. The number of hydrogen-bond acceptors (Lipinski definition) is 4. The standard InChI is InChI=1S/C52H33N3O2/c1-3-14-37(4-2)55-44-22-12-11-19-39(44)41-29-34(23-26-45(41)55)35-24-27-46-42(30-35)40-21-13-20-38(50(40)56-46)36-25-28-47-43(31-36)49-51(57-47)48(32-15-7-5-8-16-32)53-52(54-49)33-17-9-6-10-18-33/h3-31H,1-2H2/b37-14+. The quantitative estimate of drug-likeness (QED) is 0.153. The first-order valence-corrected chi connectivity index (χ1v) is 19.0. The van der Waals surface area contributed by atoms with Crippen molar-refractivity contribution in [1.82, 2.24) is 14.5 Å². The van der Waals surface area contributed by atoms with E-state index in [1.807, 2.05) is 66.7 Å². The van der Waals surface area contributed by atoms with Crippen LogP contribution in [-0.4, -0.2) is 14.5 Å². The number of para-hydroxylation sites is 2. The van der Waals surface area contributed by atoms with Crippen LogP contribution in [0.3, 0.4) is 0 Å². The van der Waals surface area contributed by atoms with E-state index < -0.39 is 0 Å². The Morgan fingerprint density at radius 2 is 1.12 bits per heavy atom. The Labute approximate surface area is 327 Å². The third kappa shape index (κ3) is 5.17. The molecule has 7 aromatic carbocycles. The zero-order chi connectivity index (χ0) is 38.0. The summed E-state index contributed by atoms with van der Waals surface area (Å²) in [7, 11) is 0. The van der Waals surface area contributed by atoms with Gasteiger partial charge in [0.2, 0.25) is 0 Å². The highest BCUT2D eigenvalue weighted by Gasteiger charge is 2.20. The molecule has 11 rings (SSSR count). The van der Waals surface area contributed by atoms with Gasteiger partial charge in [-0.3, -0.25) is 0 Å². The van der Waals surface area contributed by atoms with Crippen molar-refractivity contribution < 1.29 is 8.83 Å². The van der Waals surface area contributed by atoms with Crippen LogP contribution in [0.15, 0.2) is 198 Å². The number of furan rings is 2. The van der Waals surface area contributed by atoms with Crippen LogP contribution in [0, 0.1) is 0 Å². The summed E-state index contributed by atoms with van der Waals surface area (Å²) in [6.07, 6.45) is 5.67. The molecule has 0 aliphatic carbocycles. The lowest BCUT2D eigenvalue weighted by molar-refractivity contribution is 0.667. The number of aromatic nitrogens is 3. The molecule has 0 radical (unpaired) electrons. The largest absolute Gasteiger partial charge is 0.455 e. The van der Waals surface area contributed by atoms with Crippen molar-refractivity contribution in [1.29, 1.82) is 0 Å². The first kappa shape index (κ1) is 32.7. The monoisotopic (exact) mass is 731 g/mol. The third-order valence-electron chi connectivity index (χ3n) is 11.0. The molecule has 0 amide bonds. The van der Waals surface area contributed by atoms with Gasteiger partial charge in [-0.2, -0.15) is 0 Å². The molecular formula is C52H33N3O2. The Bertz CT molecular complexity index is 3440. The molecule has 57 heavy (non-hydrogen) atoms. The molecule has 0 aliphatic rings. The van der Waals surface area contributed by atoms with Gasteiger partial charge in [0.15, 0.2) is 11.4 Å². The molecule has 0 saturated heterocycles. The molecule has 5 nitrogen and oxygen atoms in total. The summed E-state index contributed by atoms with van der Waals surface area (Å²) in [4.78, 5) is 10.1. The van der Waals surface area contributed by atoms with Crippen LogP contribution in [-0.2, 0) is 0 Å². The van der Waals surface area contributed by atoms with E-state index in [4.69, 9.17) is 18.8 Å². The molecule has 268 valence electrons. The van der Waals surface area contributed by atoms with Gasteiger partial charge in [0.1, 0.15) is 28.0 Å². The van der Waals surface area contributed by atoms with Gasteiger partial charge < -0.3 is 13.4 Å². The van der Waals surface area contributed by atoms with Gasteiger partial charge in [0, 0.05) is 49.3 Å². The fraction of sp³-hybridized carbons (Fsp3) is 0. The molecular weight excluding hydrogens is 699 g/mol. The predicted molar refractivity (Wildman–Crippen MR) is 236 cm³/mol. The van der Waals surface area contributed by atoms with E-state index in [-0.39, 0.29) is 0 Å². The molecule has 0 saturated carbocycles. The summed E-state index contributed by atoms with van der Waals surface area (Å²) in [5.41, 5.74) is 14.1. The maximum atomic E-state index is 6.68. The van der Waals surface area contributed by atoms with E-state index in [9.17, 15) is 0 Å². The zero-order valence-electron chi connectivity index (χ0n) is 30.8. The summed E-state index contributed by atoms with van der Waals surface area (Å²) in [5.74, 6) is 0.654. The van der Waals surface area contributed by atoms with Gasteiger partial charge >= 0.3 is 0 Å². The second-order valence-corrected chi connectivity index (χ2v) is 14.2. The highest BCUT2D eigenvalue weighted by molar-refractivity contribution is 6.14. The molecule has 5 heteroatoms. The smallest absolute Gasteiger partial charge is 0.180 e. The number of nitrogens with zero attached hydrogens (tertiary/aromatic N) is 3. The van der Waals surface area contributed by atoms with Crippen LogP contribution < -0.4 is 0 Å². The van der Waals surface area contributed by atoms with Gasteiger partial charge in [-0.25, -0.2) is 9.97 Å². The number of allylic oxidation sites excluding steroid dienone is 4. The Morgan fingerprint density at radius 3 is 1.91 bits per heavy atom. The first-order valence-electron chi connectivity index (χ1n) is 19.0. The van der Waals surface area contributed by atoms with E-state index in [1.54, 1.807) is 6.08 Å². The second kappa shape index (κ2) is 12.9. The normalized spacial score (nSPS) is 12.1. The van der Waals surface area contributed by atoms with E-state index in [0.29, 0.717) is 11.4 Å². The van der Waals surface area contributed by atoms with Crippen molar-refractivity contribution in [3.05, 3.63) is 189 Å². The lowest BCUT2D eigenvalue weighted by Crippen LogP contribution is -1.93. The number of hydrogen-bond donors (Lipinski definition) is 0. The van der Waals surface area contributed by atoms with Crippen LogP contribution in [0.2, 0.25) is 0 Å². The summed E-state index contributed by atoms with van der Waals surface area (Å²) >= 11 is 0. The summed E-state index contributed by atoms with van der Waals surface area (Å²) in [5, 5.41) is 5.42. The molecule has 0 atom stereocenters. The first-order chi connectivity index (χ1) is 28.2. The SMILES string of the molecule is C=C/C=C(\C=C)n1c2ccccc2c2cc(-c3ccc4oc5c(-c6ccc7oc8c(-c9ccccc9)nc(-c9ccccc9)nc8c7c6)cccc5c4c3)ccc21. The van der Waals surface area contributed by atoms with E-state index in [2.05, 4.69) is 121 Å². The van der Waals surface area contributed by atoms with Crippen LogP contribution in [0.5, 0.6) is 0 Å². The lowest BCUT2D eigenvalue weighted by Gasteiger charge is -2.08. The predicted octanol–water partition coefficient (Wildman–Crippen LogP) is 14.3. The minimum atomic E-state index is 0.654. The molecule has 4 aromatic heterocycles. The number of fused-ring (bicyclic) bond motifs is 9. The Balaban J connectivity index is 1.05. The van der Waals surface area contributed by atoms with Crippen LogP contribution in [0.4, 0.5) is 0 Å². The van der Waals surface area contributed by atoms with E-state index in [0.717, 1.165) is 94.2 Å². The van der Waals surface area contributed by atoms with Gasteiger partial charge in [-0.1, -0.05) is 134 Å². The molecule has 0 unspecified atom stereocenters. The van der Waals surface area contributed by atoms with Crippen molar-refractivity contribution in [3.63, 3.8) is 0 Å². The van der Waals surface area contributed by atoms with Crippen LogP contribution in [0.1, 0.15) is 0 Å². The minimum absolute atomic E-state index is 0.654. The van der Waals surface area contributed by atoms with Gasteiger partial charge in [-0.05, 0) is 71.3 Å². The zero-order valence-corrected chi connectivity index (χ0v) is 30.8. The summed E-state index contributed by atoms with van der Waals surface area (Å²) in [6, 6.07) is 54.6. The molecule has 0 spiro atoms. The van der Waals surface area contributed by atoms with Crippen LogP contribution >= 0.6 is 0 Å². The average molecular weight is 732 g/mol. The van der Waals surface area contributed by atoms with Gasteiger partial charge in [0.05, 0.1) is 11.0 Å². The van der Waals surface area contributed by atoms with E-state index >= 15 is 0 Å². The third-order valence-corrected chi connectivity index (χ3v) is 11.0. The fourth-order valence-corrected chi connectivity index (χ4v) is 8.31. The fourth-order valence-electron chi connectivity index (χ4n) is 8.31. The molecule has 0 bridgehead atoms. The second-order valence-electron chi connectivity index (χ2n) is 14.2. The molecule has 11 aromatic rings. The maximum Gasteiger partial charge on any atom is 0.180 e. The van der Waals surface area contributed by atoms with Crippen molar-refractivity contribution in [2.45, 2.75) is 0 Å². The van der Waals surface area contributed by atoms with Crippen molar-refractivity contribution in [3.8, 4) is 44.9 Å². The van der Waals surface area contributed by atoms with Gasteiger partial charge in [0.25, 0.3) is 0 Å². The minimum Gasteiger partial charge on any atom is -0.455 e. The highest BCUT2D eigenvalue weighted by Crippen LogP contribution is 2.42. The van der Waals surface area contributed by atoms with Crippen molar-refractivity contribution in [2.24, 2.45) is 0 Å². The van der Waals surface area contributed by atoms with Gasteiger partial charge in [-0.15, -0.1) is 0 Å². The molecule has 0 fully saturated rings. The Hall–Kier alpha value is -7.76. The summed E-state index contributed by atoms with van der Waals surface area (Å²) < 4.78 is 15.5. The lowest BCUT2D eigenvalue weighted by atomic mass is 9.98. The average Bonchev–Trinajstić information content (AvgIpc) is 3.94. The van der Waals surface area contributed by atoms with Crippen LogP contribution in [0.25, 0.3) is 116 Å². The molecule has 4 heterocycles. The summed E-state index contributed by atoms with van der Waals surface area (Å²) in [6.45, 7) is 8.01. The maximum absolute atomic E-state index is 6.68. The topological polar surface area (TPSA) is 57.0 Å². The number of rotatable bonds is 7. The Kier molecular flexibility index (Phi) is 7.41. The molecule has 0 aliphatic heterocycles. The van der Waals surface area contributed by atoms with Crippen molar-refractivity contribution in [2.75, 3.05) is 0 Å².